The zero-order chi connectivity index (χ0) is 10.6. The van der Waals surface area contributed by atoms with Crippen molar-refractivity contribution in [2.45, 2.75) is 25.8 Å². The first kappa shape index (κ1) is 11.5. The van der Waals surface area contributed by atoms with Crippen molar-refractivity contribution in [3.8, 4) is 0 Å². The maximum atomic E-state index is 10.8. The third kappa shape index (κ3) is 3.26. The van der Waals surface area contributed by atoms with Crippen LogP contribution in [0.5, 0.6) is 0 Å². The fraction of sp³-hybridized carbons (Fsp3) is 0.500. The van der Waals surface area contributed by atoms with Crippen molar-refractivity contribution < 1.29 is 9.90 Å². The summed E-state index contributed by atoms with van der Waals surface area (Å²) >= 11 is 4.60. The number of carboxylic acid groups (broad SMARTS) is 1. The molecular formula is C8H11BrN2O2S. The first-order chi connectivity index (χ1) is 6.63. The van der Waals surface area contributed by atoms with Crippen LogP contribution < -0.4 is 5.32 Å². The van der Waals surface area contributed by atoms with Gasteiger partial charge < -0.3 is 10.4 Å². The summed E-state index contributed by atoms with van der Waals surface area (Å²) in [7, 11) is 0. The molecule has 4 nitrogen and oxygen atoms in total. The summed E-state index contributed by atoms with van der Waals surface area (Å²) in [6, 6.07) is -0.543. The molecule has 0 saturated carbocycles. The summed E-state index contributed by atoms with van der Waals surface area (Å²) in [4.78, 5) is 14.9. The summed E-state index contributed by atoms with van der Waals surface area (Å²) in [5.41, 5.74) is 0. The van der Waals surface area contributed by atoms with E-state index in [0.717, 1.165) is 11.0 Å². The van der Waals surface area contributed by atoms with Gasteiger partial charge in [-0.05, 0) is 22.4 Å². The monoisotopic (exact) mass is 278 g/mol. The van der Waals surface area contributed by atoms with E-state index in [1.807, 2.05) is 12.3 Å². The molecule has 0 aliphatic rings. The number of rotatable bonds is 5. The van der Waals surface area contributed by atoms with Crippen molar-refractivity contribution in [1.29, 1.82) is 0 Å². The summed E-state index contributed by atoms with van der Waals surface area (Å²) in [6.07, 6.45) is 1.43. The van der Waals surface area contributed by atoms with E-state index >= 15 is 0 Å². The molecule has 0 fully saturated rings. The van der Waals surface area contributed by atoms with Crippen LogP contribution in [0.25, 0.3) is 0 Å². The van der Waals surface area contributed by atoms with Crippen LogP contribution in [0, 0.1) is 0 Å². The van der Waals surface area contributed by atoms with Gasteiger partial charge in [0.25, 0.3) is 0 Å². The number of nitrogens with one attached hydrogen (secondary N) is 1. The Labute approximate surface area is 94.5 Å². The molecule has 0 aromatic carbocycles. The van der Waals surface area contributed by atoms with Crippen LogP contribution in [0.3, 0.4) is 0 Å². The van der Waals surface area contributed by atoms with E-state index in [0.29, 0.717) is 11.6 Å². The molecule has 0 saturated heterocycles. The first-order valence-electron chi connectivity index (χ1n) is 4.24. The van der Waals surface area contributed by atoms with Crippen LogP contribution in [0.1, 0.15) is 19.8 Å². The minimum Gasteiger partial charge on any atom is -0.480 e. The number of hydrogen-bond donors (Lipinski definition) is 2. The van der Waals surface area contributed by atoms with Gasteiger partial charge in [-0.1, -0.05) is 13.3 Å². The van der Waals surface area contributed by atoms with Gasteiger partial charge in [-0.25, -0.2) is 9.78 Å². The number of thiazole rings is 1. The fourth-order valence-electron chi connectivity index (χ4n) is 1.02. The topological polar surface area (TPSA) is 62.2 Å². The molecule has 0 bridgehead atoms. The lowest BCUT2D eigenvalue weighted by Crippen LogP contribution is -2.28. The molecular weight excluding hydrogens is 268 g/mol. The van der Waals surface area contributed by atoms with Gasteiger partial charge in [0, 0.05) is 5.38 Å². The molecule has 0 radical (unpaired) electrons. The van der Waals surface area contributed by atoms with Crippen molar-refractivity contribution in [3.05, 3.63) is 9.98 Å². The summed E-state index contributed by atoms with van der Waals surface area (Å²) < 4.78 is 0.727. The van der Waals surface area contributed by atoms with Gasteiger partial charge in [0.2, 0.25) is 0 Å². The molecule has 2 N–H and O–H groups in total. The van der Waals surface area contributed by atoms with E-state index in [4.69, 9.17) is 5.11 Å². The Morgan fingerprint density at radius 3 is 3.00 bits per heavy atom. The second-order valence-electron chi connectivity index (χ2n) is 2.80. The lowest BCUT2D eigenvalue weighted by molar-refractivity contribution is -0.138. The Bertz CT molecular complexity index is 316. The van der Waals surface area contributed by atoms with Crippen molar-refractivity contribution in [3.63, 3.8) is 0 Å². The molecule has 1 atom stereocenters. The zero-order valence-electron chi connectivity index (χ0n) is 7.66. The van der Waals surface area contributed by atoms with E-state index in [9.17, 15) is 4.79 Å². The Balaban J connectivity index is 2.59. The number of nitrogens with zero attached hydrogens (tertiary/aromatic N) is 1. The molecule has 0 spiro atoms. The maximum absolute atomic E-state index is 10.8. The summed E-state index contributed by atoms with van der Waals surface area (Å²) in [6.45, 7) is 1.95. The number of hydrogen-bond acceptors (Lipinski definition) is 4. The average molecular weight is 279 g/mol. The second kappa shape index (κ2) is 5.31. The third-order valence-electron chi connectivity index (χ3n) is 1.65. The molecule has 1 aromatic rings. The first-order valence-corrected chi connectivity index (χ1v) is 5.91. The Kier molecular flexibility index (Phi) is 4.34. The average Bonchev–Trinajstić information content (AvgIpc) is 2.50. The second-order valence-corrected chi connectivity index (χ2v) is 4.47. The Morgan fingerprint density at radius 1 is 1.86 bits per heavy atom. The highest BCUT2D eigenvalue weighted by Crippen LogP contribution is 2.20. The molecule has 14 heavy (non-hydrogen) atoms. The van der Waals surface area contributed by atoms with E-state index in [2.05, 4.69) is 26.2 Å². The third-order valence-corrected chi connectivity index (χ3v) is 3.13. The smallest absolute Gasteiger partial charge is 0.326 e. The normalized spacial score (nSPS) is 12.4. The fourth-order valence-corrected chi connectivity index (χ4v) is 2.21. The van der Waals surface area contributed by atoms with Gasteiger partial charge in [-0.15, -0.1) is 11.3 Å². The standard InChI is InChI=1S/C8H11BrN2O2S/c1-2-3-5(7(12)13)10-8-11-6(9)4-14-8/h4-5H,2-3H2,1H3,(H,10,11)(H,12,13). The van der Waals surface area contributed by atoms with E-state index < -0.39 is 12.0 Å². The number of anilines is 1. The maximum Gasteiger partial charge on any atom is 0.326 e. The van der Waals surface area contributed by atoms with Crippen LogP contribution in [0.15, 0.2) is 9.98 Å². The number of aliphatic carboxylic acids is 1. The highest BCUT2D eigenvalue weighted by Gasteiger charge is 2.16. The van der Waals surface area contributed by atoms with Crippen molar-refractivity contribution in [1.82, 2.24) is 4.98 Å². The van der Waals surface area contributed by atoms with E-state index in [-0.39, 0.29) is 0 Å². The number of carbonyl (C=O) groups is 1. The number of carboxylic acids is 1. The molecule has 6 heteroatoms. The minimum absolute atomic E-state index is 0.543. The largest absolute Gasteiger partial charge is 0.480 e. The molecule has 1 rings (SSSR count). The molecule has 1 unspecified atom stereocenters. The number of aromatic nitrogens is 1. The highest BCUT2D eigenvalue weighted by atomic mass is 79.9. The van der Waals surface area contributed by atoms with E-state index in [1.165, 1.54) is 11.3 Å². The van der Waals surface area contributed by atoms with Gasteiger partial charge in [0.15, 0.2) is 5.13 Å². The predicted molar refractivity (Wildman–Crippen MR) is 59.8 cm³/mol. The molecule has 1 aromatic heterocycles. The molecule has 0 amide bonds. The Morgan fingerprint density at radius 2 is 2.57 bits per heavy atom. The highest BCUT2D eigenvalue weighted by molar-refractivity contribution is 9.10. The summed E-state index contributed by atoms with van der Waals surface area (Å²) in [5.74, 6) is -0.835. The lowest BCUT2D eigenvalue weighted by Gasteiger charge is -2.11. The lowest BCUT2D eigenvalue weighted by atomic mass is 10.2. The molecule has 0 aliphatic carbocycles. The number of halogens is 1. The van der Waals surface area contributed by atoms with Crippen LogP contribution in [-0.2, 0) is 4.79 Å². The molecule has 1 heterocycles. The van der Waals surface area contributed by atoms with Gasteiger partial charge in [-0.2, -0.15) is 0 Å². The molecule has 78 valence electrons. The summed E-state index contributed by atoms with van der Waals surface area (Å²) in [5, 5.41) is 14.2. The minimum atomic E-state index is -0.835. The van der Waals surface area contributed by atoms with Gasteiger partial charge >= 0.3 is 5.97 Å². The SMILES string of the molecule is CCCC(Nc1nc(Br)cs1)C(=O)O. The Hall–Kier alpha value is -0.620. The van der Waals surface area contributed by atoms with Crippen LogP contribution in [0.2, 0.25) is 0 Å². The van der Waals surface area contributed by atoms with Crippen molar-refractivity contribution in [2.24, 2.45) is 0 Å². The van der Waals surface area contributed by atoms with Crippen molar-refractivity contribution in [2.75, 3.05) is 5.32 Å². The van der Waals surface area contributed by atoms with Gasteiger partial charge in [-0.3, -0.25) is 0 Å². The van der Waals surface area contributed by atoms with Crippen LogP contribution in [0.4, 0.5) is 5.13 Å². The van der Waals surface area contributed by atoms with Gasteiger partial charge in [0.05, 0.1) is 0 Å². The molecule has 0 aliphatic heterocycles. The van der Waals surface area contributed by atoms with E-state index in [1.54, 1.807) is 0 Å². The zero-order valence-corrected chi connectivity index (χ0v) is 10.1. The van der Waals surface area contributed by atoms with Gasteiger partial charge in [0.1, 0.15) is 10.6 Å². The van der Waals surface area contributed by atoms with Crippen molar-refractivity contribution >= 4 is 38.4 Å². The van der Waals surface area contributed by atoms with Crippen LogP contribution >= 0.6 is 27.3 Å². The van der Waals surface area contributed by atoms with Crippen LogP contribution in [-0.4, -0.2) is 22.1 Å². The quantitative estimate of drug-likeness (QED) is 0.869. The predicted octanol–water partition coefficient (Wildman–Crippen LogP) is 2.57.